The average Bonchev–Trinajstić information content (AvgIpc) is 2.93. The Labute approximate surface area is 163 Å². The summed E-state index contributed by atoms with van der Waals surface area (Å²) in [4.78, 5) is 25.8. The summed E-state index contributed by atoms with van der Waals surface area (Å²) in [5.74, 6) is -1.19. The molecule has 4 nitrogen and oxygen atoms in total. The Kier molecular flexibility index (Phi) is 5.56. The lowest BCUT2D eigenvalue weighted by molar-refractivity contribution is -0.169. The number of benzene rings is 1. The molecule has 0 unspecified atom stereocenters. The van der Waals surface area contributed by atoms with Crippen molar-refractivity contribution in [3.8, 4) is 0 Å². The zero-order chi connectivity index (χ0) is 18.9. The molecule has 5 heteroatoms. The number of allylic oxidation sites excluding steroid dienone is 2. The first kappa shape index (κ1) is 19.2. The number of fused-ring (bicyclic) bond motifs is 4. The minimum absolute atomic E-state index is 0.138. The molecule has 1 aromatic carbocycles. The number of ether oxygens (including phenoxy) is 2. The standard InChI is InChI=1S/C21H25BrO4/c1-4-5-10-16(22)17-14-11-13-8-6-7-9-15(13)18(17)21(12-14,19(23)25-2)20(24)26-3/h6-9,14,18H,4-5,10-12H2,1-3H3/t14-,18-/m1/s1. The summed E-state index contributed by atoms with van der Waals surface area (Å²) in [6, 6.07) is 8.10. The number of unbranched alkanes of at least 4 members (excludes halogenated alkanes) is 1. The molecule has 1 saturated carbocycles. The van der Waals surface area contributed by atoms with Crippen LogP contribution in [0.2, 0.25) is 0 Å². The van der Waals surface area contributed by atoms with Crippen LogP contribution in [0, 0.1) is 11.3 Å². The van der Waals surface area contributed by atoms with Gasteiger partial charge in [0.05, 0.1) is 14.2 Å². The van der Waals surface area contributed by atoms with Crippen molar-refractivity contribution in [3.63, 3.8) is 0 Å². The van der Waals surface area contributed by atoms with E-state index in [4.69, 9.17) is 9.47 Å². The van der Waals surface area contributed by atoms with E-state index in [0.29, 0.717) is 6.42 Å². The van der Waals surface area contributed by atoms with Crippen molar-refractivity contribution in [2.24, 2.45) is 11.3 Å². The Morgan fingerprint density at radius 3 is 2.46 bits per heavy atom. The van der Waals surface area contributed by atoms with Gasteiger partial charge in [0, 0.05) is 5.92 Å². The Balaban J connectivity index is 2.23. The van der Waals surface area contributed by atoms with E-state index in [-0.39, 0.29) is 11.8 Å². The number of esters is 2. The highest BCUT2D eigenvalue weighted by atomic mass is 79.9. The molecule has 0 aliphatic heterocycles. The van der Waals surface area contributed by atoms with E-state index in [1.54, 1.807) is 0 Å². The molecule has 3 rings (SSSR count). The summed E-state index contributed by atoms with van der Waals surface area (Å²) in [7, 11) is 2.69. The summed E-state index contributed by atoms with van der Waals surface area (Å²) in [6.45, 7) is 2.16. The van der Waals surface area contributed by atoms with Gasteiger partial charge in [-0.1, -0.05) is 53.5 Å². The minimum atomic E-state index is -1.30. The third-order valence-electron chi connectivity index (χ3n) is 5.81. The zero-order valence-electron chi connectivity index (χ0n) is 15.5. The van der Waals surface area contributed by atoms with Crippen LogP contribution in [0.3, 0.4) is 0 Å². The van der Waals surface area contributed by atoms with Gasteiger partial charge < -0.3 is 9.47 Å². The van der Waals surface area contributed by atoms with Crippen molar-refractivity contribution in [1.29, 1.82) is 0 Å². The molecule has 0 spiro atoms. The maximum absolute atomic E-state index is 12.9. The second kappa shape index (κ2) is 7.55. The molecule has 0 amide bonds. The van der Waals surface area contributed by atoms with Crippen molar-refractivity contribution < 1.29 is 19.1 Å². The molecule has 1 aromatic rings. The molecule has 2 bridgehead atoms. The first-order valence-corrected chi connectivity index (χ1v) is 9.93. The number of halogens is 1. The SMILES string of the molecule is CCCCC(Br)=C1[C@@H]2Cc3ccccc3[C@H]1C(C(=O)OC)(C(=O)OC)C2. The van der Waals surface area contributed by atoms with Crippen LogP contribution in [-0.4, -0.2) is 26.2 Å². The number of methoxy groups -OCH3 is 2. The molecule has 2 atom stereocenters. The monoisotopic (exact) mass is 420 g/mol. The third kappa shape index (κ3) is 2.81. The predicted molar refractivity (Wildman–Crippen MR) is 103 cm³/mol. The smallest absolute Gasteiger partial charge is 0.324 e. The second-order valence-corrected chi connectivity index (χ2v) is 8.11. The molecule has 0 radical (unpaired) electrons. The number of rotatable bonds is 5. The molecule has 26 heavy (non-hydrogen) atoms. The van der Waals surface area contributed by atoms with Gasteiger partial charge in [0.2, 0.25) is 0 Å². The van der Waals surface area contributed by atoms with Gasteiger partial charge in [-0.25, -0.2) is 0 Å². The number of carbonyl (C=O) groups is 2. The molecule has 0 aromatic heterocycles. The van der Waals surface area contributed by atoms with Crippen molar-refractivity contribution in [3.05, 3.63) is 45.4 Å². The average molecular weight is 421 g/mol. The predicted octanol–water partition coefficient (Wildman–Crippen LogP) is 4.52. The Hall–Kier alpha value is -1.62. The van der Waals surface area contributed by atoms with E-state index in [0.717, 1.165) is 35.7 Å². The van der Waals surface area contributed by atoms with Crippen LogP contribution in [0.25, 0.3) is 0 Å². The lowest BCUT2D eigenvalue weighted by Gasteiger charge is -2.33. The maximum Gasteiger partial charge on any atom is 0.324 e. The summed E-state index contributed by atoms with van der Waals surface area (Å²) in [5.41, 5.74) is 2.12. The fourth-order valence-corrected chi connectivity index (χ4v) is 5.54. The molecular formula is C21H25BrO4. The Bertz CT molecular complexity index is 736. The van der Waals surface area contributed by atoms with E-state index in [1.807, 2.05) is 18.2 Å². The molecular weight excluding hydrogens is 396 g/mol. The van der Waals surface area contributed by atoms with Crippen LogP contribution in [0.1, 0.15) is 49.7 Å². The van der Waals surface area contributed by atoms with E-state index < -0.39 is 17.4 Å². The van der Waals surface area contributed by atoms with Crippen LogP contribution in [0.5, 0.6) is 0 Å². The van der Waals surface area contributed by atoms with Crippen molar-refractivity contribution in [2.45, 2.75) is 44.9 Å². The quantitative estimate of drug-likeness (QED) is 0.518. The van der Waals surface area contributed by atoms with Gasteiger partial charge in [-0.2, -0.15) is 0 Å². The summed E-state index contributed by atoms with van der Waals surface area (Å²) >= 11 is 3.78. The highest BCUT2D eigenvalue weighted by Crippen LogP contribution is 2.62. The van der Waals surface area contributed by atoms with Crippen LogP contribution in [-0.2, 0) is 25.5 Å². The maximum atomic E-state index is 12.9. The molecule has 0 heterocycles. The fraction of sp³-hybridized carbons (Fsp3) is 0.524. The van der Waals surface area contributed by atoms with Crippen LogP contribution < -0.4 is 0 Å². The largest absolute Gasteiger partial charge is 0.468 e. The van der Waals surface area contributed by atoms with Crippen LogP contribution >= 0.6 is 15.9 Å². The molecule has 1 fully saturated rings. The normalized spacial score (nSPS) is 24.6. The molecule has 0 saturated heterocycles. The van der Waals surface area contributed by atoms with Gasteiger partial charge in [0.25, 0.3) is 0 Å². The van der Waals surface area contributed by atoms with Crippen LogP contribution in [0.15, 0.2) is 34.3 Å². The number of carbonyl (C=O) groups excluding carboxylic acids is 2. The van der Waals surface area contributed by atoms with E-state index in [2.05, 4.69) is 28.9 Å². The van der Waals surface area contributed by atoms with Gasteiger partial charge >= 0.3 is 11.9 Å². The number of hydrogen-bond donors (Lipinski definition) is 0. The highest BCUT2D eigenvalue weighted by molar-refractivity contribution is 9.11. The highest BCUT2D eigenvalue weighted by Gasteiger charge is 2.64. The third-order valence-corrected chi connectivity index (χ3v) is 6.66. The van der Waals surface area contributed by atoms with Gasteiger partial charge in [-0.05, 0) is 52.8 Å². The van der Waals surface area contributed by atoms with Crippen molar-refractivity contribution in [2.75, 3.05) is 14.2 Å². The van der Waals surface area contributed by atoms with E-state index >= 15 is 0 Å². The second-order valence-electron chi connectivity index (χ2n) is 7.16. The Morgan fingerprint density at radius 1 is 1.19 bits per heavy atom. The van der Waals surface area contributed by atoms with Gasteiger partial charge in [0.1, 0.15) is 0 Å². The lowest BCUT2D eigenvalue weighted by atomic mass is 9.70. The van der Waals surface area contributed by atoms with Gasteiger partial charge in [0.15, 0.2) is 5.41 Å². The Morgan fingerprint density at radius 2 is 1.85 bits per heavy atom. The summed E-state index contributed by atoms with van der Waals surface area (Å²) in [6.07, 6.45) is 4.34. The first-order chi connectivity index (χ1) is 12.5. The minimum Gasteiger partial charge on any atom is -0.468 e. The zero-order valence-corrected chi connectivity index (χ0v) is 17.1. The van der Waals surface area contributed by atoms with Crippen molar-refractivity contribution in [1.82, 2.24) is 0 Å². The van der Waals surface area contributed by atoms with Gasteiger partial charge in [-0.15, -0.1) is 0 Å². The summed E-state index contributed by atoms with van der Waals surface area (Å²) in [5, 5.41) is 0. The molecule has 0 N–H and O–H groups in total. The molecule has 2 aliphatic rings. The first-order valence-electron chi connectivity index (χ1n) is 9.14. The van der Waals surface area contributed by atoms with Crippen LogP contribution in [0.4, 0.5) is 0 Å². The van der Waals surface area contributed by atoms with E-state index in [1.165, 1.54) is 25.4 Å². The molecule has 2 aliphatic carbocycles. The van der Waals surface area contributed by atoms with Crippen molar-refractivity contribution >= 4 is 27.9 Å². The van der Waals surface area contributed by atoms with E-state index in [9.17, 15) is 9.59 Å². The molecule has 140 valence electrons. The topological polar surface area (TPSA) is 52.6 Å². The van der Waals surface area contributed by atoms with Gasteiger partial charge in [-0.3, -0.25) is 9.59 Å². The number of hydrogen-bond acceptors (Lipinski definition) is 4. The fourth-order valence-electron chi connectivity index (χ4n) is 4.70. The lowest BCUT2D eigenvalue weighted by Crippen LogP contribution is -2.43. The summed E-state index contributed by atoms with van der Waals surface area (Å²) < 4.78 is 11.4.